The number of carbonyl (C=O) groups excluding carboxylic acids is 1. The number of carbonyl (C=O) groups is 1. The standard InChI is InChI=1S/C20H19N3O3/c1-3-26-19-13-12-18(22-23-19)14-4-8-16(9-5-14)21-20(24)15-6-10-17(25-2)11-7-15/h4-13H,3H2,1-2H3,(H,21,24). The molecular weight excluding hydrogens is 330 g/mol. The van der Waals surface area contributed by atoms with Crippen molar-refractivity contribution in [1.82, 2.24) is 10.2 Å². The second-order valence-electron chi connectivity index (χ2n) is 5.45. The van der Waals surface area contributed by atoms with Gasteiger partial charge in [0.25, 0.3) is 5.91 Å². The van der Waals surface area contributed by atoms with Crippen LogP contribution < -0.4 is 14.8 Å². The van der Waals surface area contributed by atoms with Crippen LogP contribution in [-0.4, -0.2) is 29.8 Å². The van der Waals surface area contributed by atoms with Gasteiger partial charge >= 0.3 is 0 Å². The Morgan fingerprint density at radius 3 is 2.27 bits per heavy atom. The number of hydrogen-bond acceptors (Lipinski definition) is 5. The Morgan fingerprint density at radius 1 is 0.962 bits per heavy atom. The number of methoxy groups -OCH3 is 1. The van der Waals surface area contributed by atoms with Crippen LogP contribution in [0.3, 0.4) is 0 Å². The monoisotopic (exact) mass is 349 g/mol. The third-order valence-electron chi connectivity index (χ3n) is 3.72. The lowest BCUT2D eigenvalue weighted by Gasteiger charge is -2.07. The van der Waals surface area contributed by atoms with Crippen LogP contribution in [0.5, 0.6) is 11.6 Å². The minimum atomic E-state index is -0.179. The molecule has 0 aliphatic rings. The molecule has 0 saturated carbocycles. The predicted molar refractivity (Wildman–Crippen MR) is 99.6 cm³/mol. The first kappa shape index (κ1) is 17.4. The van der Waals surface area contributed by atoms with Crippen molar-refractivity contribution in [1.29, 1.82) is 0 Å². The average Bonchev–Trinajstić information content (AvgIpc) is 2.69. The van der Waals surface area contributed by atoms with Crippen LogP contribution in [0, 0.1) is 0 Å². The van der Waals surface area contributed by atoms with Crippen molar-refractivity contribution in [2.75, 3.05) is 19.0 Å². The van der Waals surface area contributed by atoms with Crippen molar-refractivity contribution >= 4 is 11.6 Å². The van der Waals surface area contributed by atoms with Crippen molar-refractivity contribution in [3.63, 3.8) is 0 Å². The maximum absolute atomic E-state index is 12.3. The molecule has 26 heavy (non-hydrogen) atoms. The van der Waals surface area contributed by atoms with Crippen molar-refractivity contribution in [2.45, 2.75) is 6.92 Å². The molecule has 1 aromatic heterocycles. The number of amides is 1. The van der Waals surface area contributed by atoms with E-state index in [1.807, 2.05) is 37.3 Å². The van der Waals surface area contributed by atoms with Gasteiger partial charge in [-0.05, 0) is 49.4 Å². The van der Waals surface area contributed by atoms with E-state index in [0.29, 0.717) is 29.5 Å². The average molecular weight is 349 g/mol. The van der Waals surface area contributed by atoms with Gasteiger partial charge in [-0.2, -0.15) is 0 Å². The summed E-state index contributed by atoms with van der Waals surface area (Å²) in [5.41, 5.74) is 2.91. The highest BCUT2D eigenvalue weighted by Crippen LogP contribution is 2.21. The third-order valence-corrected chi connectivity index (χ3v) is 3.72. The van der Waals surface area contributed by atoms with Crippen LogP contribution in [0.1, 0.15) is 17.3 Å². The number of nitrogens with zero attached hydrogens (tertiary/aromatic N) is 2. The van der Waals surface area contributed by atoms with Gasteiger partial charge in [-0.15, -0.1) is 10.2 Å². The van der Waals surface area contributed by atoms with Gasteiger partial charge in [-0.3, -0.25) is 4.79 Å². The summed E-state index contributed by atoms with van der Waals surface area (Å²) in [4.78, 5) is 12.3. The molecule has 0 saturated heterocycles. The van der Waals surface area contributed by atoms with Crippen molar-refractivity contribution in [3.05, 3.63) is 66.2 Å². The van der Waals surface area contributed by atoms with Gasteiger partial charge in [0.2, 0.25) is 5.88 Å². The summed E-state index contributed by atoms with van der Waals surface area (Å²) in [6.07, 6.45) is 0. The molecule has 0 unspecified atom stereocenters. The van der Waals surface area contributed by atoms with Crippen LogP contribution in [0.15, 0.2) is 60.7 Å². The zero-order chi connectivity index (χ0) is 18.4. The summed E-state index contributed by atoms with van der Waals surface area (Å²) < 4.78 is 10.4. The first-order valence-electron chi connectivity index (χ1n) is 8.22. The van der Waals surface area contributed by atoms with Crippen LogP contribution in [0.2, 0.25) is 0 Å². The molecule has 3 aromatic rings. The van der Waals surface area contributed by atoms with Crippen molar-refractivity contribution in [2.24, 2.45) is 0 Å². The molecule has 3 rings (SSSR count). The van der Waals surface area contributed by atoms with E-state index < -0.39 is 0 Å². The summed E-state index contributed by atoms with van der Waals surface area (Å²) in [5.74, 6) is 1.03. The maximum atomic E-state index is 12.3. The first-order chi connectivity index (χ1) is 12.7. The van der Waals surface area contributed by atoms with Gasteiger partial charge in [-0.25, -0.2) is 0 Å². The highest BCUT2D eigenvalue weighted by atomic mass is 16.5. The van der Waals surface area contributed by atoms with Gasteiger partial charge < -0.3 is 14.8 Å². The number of ether oxygens (including phenoxy) is 2. The van der Waals surface area contributed by atoms with E-state index in [-0.39, 0.29) is 5.91 Å². The minimum Gasteiger partial charge on any atom is -0.497 e. The second-order valence-corrected chi connectivity index (χ2v) is 5.45. The number of aromatic nitrogens is 2. The van der Waals surface area contributed by atoms with E-state index in [9.17, 15) is 4.79 Å². The molecule has 1 heterocycles. The summed E-state index contributed by atoms with van der Waals surface area (Å²) in [7, 11) is 1.59. The SMILES string of the molecule is CCOc1ccc(-c2ccc(NC(=O)c3ccc(OC)cc3)cc2)nn1. The molecule has 6 heteroatoms. The van der Waals surface area contributed by atoms with E-state index in [1.54, 1.807) is 37.4 Å². The quantitative estimate of drug-likeness (QED) is 0.733. The van der Waals surface area contributed by atoms with Gasteiger partial charge in [0, 0.05) is 22.9 Å². The fourth-order valence-electron chi connectivity index (χ4n) is 2.37. The Labute approximate surface area is 151 Å². The van der Waals surface area contributed by atoms with E-state index in [4.69, 9.17) is 9.47 Å². The highest BCUT2D eigenvalue weighted by Gasteiger charge is 2.07. The third kappa shape index (κ3) is 4.16. The normalized spacial score (nSPS) is 10.2. The molecular formula is C20H19N3O3. The lowest BCUT2D eigenvalue weighted by atomic mass is 10.1. The molecule has 0 aliphatic carbocycles. The summed E-state index contributed by atoms with van der Waals surface area (Å²) in [6, 6.07) is 18.0. The van der Waals surface area contributed by atoms with Crippen LogP contribution >= 0.6 is 0 Å². The molecule has 0 fully saturated rings. The largest absolute Gasteiger partial charge is 0.497 e. The van der Waals surface area contributed by atoms with Crippen LogP contribution in [0.4, 0.5) is 5.69 Å². The number of benzene rings is 2. The number of nitrogens with one attached hydrogen (secondary N) is 1. The number of hydrogen-bond donors (Lipinski definition) is 1. The zero-order valence-corrected chi connectivity index (χ0v) is 14.6. The molecule has 2 aromatic carbocycles. The Bertz CT molecular complexity index is 860. The molecule has 6 nitrogen and oxygen atoms in total. The van der Waals surface area contributed by atoms with Crippen LogP contribution in [0.25, 0.3) is 11.3 Å². The molecule has 0 atom stereocenters. The Balaban J connectivity index is 1.67. The van der Waals surface area contributed by atoms with Crippen LogP contribution in [-0.2, 0) is 0 Å². The Morgan fingerprint density at radius 2 is 1.69 bits per heavy atom. The lowest BCUT2D eigenvalue weighted by molar-refractivity contribution is 0.102. The van der Waals surface area contributed by atoms with Gasteiger partial charge in [-0.1, -0.05) is 12.1 Å². The fraction of sp³-hybridized carbons (Fsp3) is 0.150. The van der Waals surface area contributed by atoms with E-state index in [2.05, 4.69) is 15.5 Å². The predicted octanol–water partition coefficient (Wildman–Crippen LogP) is 3.80. The molecule has 0 aliphatic heterocycles. The molecule has 0 bridgehead atoms. The summed E-state index contributed by atoms with van der Waals surface area (Å²) in [6.45, 7) is 2.45. The van der Waals surface area contributed by atoms with Crippen molar-refractivity contribution in [3.8, 4) is 22.9 Å². The van der Waals surface area contributed by atoms with Gasteiger partial charge in [0.15, 0.2) is 0 Å². The lowest BCUT2D eigenvalue weighted by Crippen LogP contribution is -2.11. The zero-order valence-electron chi connectivity index (χ0n) is 14.6. The van der Waals surface area contributed by atoms with E-state index in [0.717, 1.165) is 11.3 Å². The molecule has 0 spiro atoms. The topological polar surface area (TPSA) is 73.3 Å². The molecule has 1 N–H and O–H groups in total. The number of rotatable bonds is 6. The van der Waals surface area contributed by atoms with Gasteiger partial charge in [0.1, 0.15) is 5.75 Å². The van der Waals surface area contributed by atoms with Gasteiger partial charge in [0.05, 0.1) is 19.4 Å². The Kier molecular flexibility index (Phi) is 5.43. The minimum absolute atomic E-state index is 0.179. The highest BCUT2D eigenvalue weighted by molar-refractivity contribution is 6.04. The van der Waals surface area contributed by atoms with E-state index in [1.165, 1.54) is 0 Å². The Hall–Kier alpha value is -3.41. The maximum Gasteiger partial charge on any atom is 0.255 e. The van der Waals surface area contributed by atoms with E-state index >= 15 is 0 Å². The smallest absolute Gasteiger partial charge is 0.255 e. The molecule has 0 radical (unpaired) electrons. The first-order valence-corrected chi connectivity index (χ1v) is 8.22. The molecule has 132 valence electrons. The van der Waals surface area contributed by atoms with Crippen molar-refractivity contribution < 1.29 is 14.3 Å². The number of anilines is 1. The fourth-order valence-corrected chi connectivity index (χ4v) is 2.37. The second kappa shape index (κ2) is 8.11. The summed E-state index contributed by atoms with van der Waals surface area (Å²) >= 11 is 0. The molecule has 1 amide bonds. The summed E-state index contributed by atoms with van der Waals surface area (Å²) in [5, 5.41) is 11.0.